The highest BCUT2D eigenvalue weighted by molar-refractivity contribution is 7.13. The highest BCUT2D eigenvalue weighted by atomic mass is 35.5. The first-order valence-corrected chi connectivity index (χ1v) is 12.2. The van der Waals surface area contributed by atoms with Crippen molar-refractivity contribution in [1.82, 2.24) is 10.3 Å². The minimum atomic E-state index is 0.0207. The number of carbonyl (C=O) groups excluding carboxylic acids is 1. The summed E-state index contributed by atoms with van der Waals surface area (Å²) in [7, 11) is 0. The number of hydrogen-bond acceptors (Lipinski definition) is 5. The lowest BCUT2D eigenvalue weighted by Gasteiger charge is -2.46. The molecule has 0 amide bonds. The van der Waals surface area contributed by atoms with Crippen LogP contribution in [-0.4, -0.2) is 21.8 Å². The van der Waals surface area contributed by atoms with Gasteiger partial charge in [-0.05, 0) is 76.8 Å². The van der Waals surface area contributed by atoms with E-state index in [1.54, 1.807) is 29.7 Å². The van der Waals surface area contributed by atoms with Crippen LogP contribution in [0.4, 0.5) is 0 Å². The number of aromatic nitrogens is 1. The molecule has 0 unspecified atom stereocenters. The number of Topliss-reactive ketones (excluding diaryl/α,β-unsaturated/α-hetero) is 1. The molecule has 6 heteroatoms. The Morgan fingerprint density at radius 2 is 1.84 bits per heavy atom. The number of piperidine rings is 1. The number of thiazole rings is 1. The number of nitrogens with one attached hydrogen (secondary N) is 1. The van der Waals surface area contributed by atoms with E-state index in [-0.39, 0.29) is 16.9 Å². The van der Waals surface area contributed by atoms with Crippen LogP contribution in [0.3, 0.4) is 0 Å². The Morgan fingerprint density at radius 1 is 1.12 bits per heavy atom. The van der Waals surface area contributed by atoms with Crippen LogP contribution in [0.1, 0.15) is 57.3 Å². The van der Waals surface area contributed by atoms with Gasteiger partial charge in [0.1, 0.15) is 16.5 Å². The molecule has 0 aliphatic carbocycles. The third kappa shape index (κ3) is 5.40. The van der Waals surface area contributed by atoms with Crippen molar-refractivity contribution in [1.29, 1.82) is 0 Å². The number of para-hydroxylation sites is 1. The van der Waals surface area contributed by atoms with Gasteiger partial charge in [-0.25, -0.2) is 4.98 Å². The molecule has 0 atom stereocenters. The van der Waals surface area contributed by atoms with Crippen molar-refractivity contribution in [3.63, 3.8) is 0 Å². The first kappa shape index (κ1) is 23.0. The molecule has 2 heterocycles. The Hall–Kier alpha value is -2.21. The fourth-order valence-electron chi connectivity index (χ4n) is 5.02. The normalized spacial score (nSPS) is 17.8. The van der Waals surface area contributed by atoms with Crippen molar-refractivity contribution < 1.29 is 9.53 Å². The maximum absolute atomic E-state index is 13.0. The number of halogens is 1. The molecule has 32 heavy (non-hydrogen) atoms. The number of rotatable bonds is 6. The summed E-state index contributed by atoms with van der Waals surface area (Å²) in [5.41, 5.74) is 1.58. The van der Waals surface area contributed by atoms with Crippen molar-refractivity contribution >= 4 is 28.7 Å². The van der Waals surface area contributed by atoms with Crippen LogP contribution in [0.15, 0.2) is 54.0 Å². The van der Waals surface area contributed by atoms with Gasteiger partial charge in [-0.15, -0.1) is 11.3 Å². The predicted molar refractivity (Wildman–Crippen MR) is 132 cm³/mol. The SMILES string of the molecule is CC1(C)CC(CC(=O)c2ccc(Oc3ccccc3-c3nccs3)c(Cl)c2)CC(C)(C)N1. The maximum atomic E-state index is 13.0. The van der Waals surface area contributed by atoms with Crippen LogP contribution in [0.25, 0.3) is 10.6 Å². The summed E-state index contributed by atoms with van der Waals surface area (Å²) in [5, 5.41) is 6.92. The van der Waals surface area contributed by atoms with Gasteiger partial charge in [0, 0.05) is 34.6 Å². The van der Waals surface area contributed by atoms with Gasteiger partial charge in [0.05, 0.1) is 10.6 Å². The standard InChI is InChI=1S/C26H29ClN2O2S/c1-25(2)15-17(16-26(3,4)29-25)13-21(30)18-9-10-23(20(27)14-18)31-22-8-6-5-7-19(22)24-28-11-12-32-24/h5-12,14,17,29H,13,15-16H2,1-4H3. The number of hydrogen-bond donors (Lipinski definition) is 1. The fraction of sp³-hybridized carbons (Fsp3) is 0.385. The van der Waals surface area contributed by atoms with Gasteiger partial charge in [-0.1, -0.05) is 23.7 Å². The lowest BCUT2D eigenvalue weighted by atomic mass is 9.74. The number of carbonyl (C=O) groups is 1. The van der Waals surface area contributed by atoms with Gasteiger partial charge in [0.25, 0.3) is 0 Å². The molecule has 2 aromatic carbocycles. The van der Waals surface area contributed by atoms with E-state index in [1.807, 2.05) is 35.7 Å². The van der Waals surface area contributed by atoms with E-state index in [0.29, 0.717) is 34.4 Å². The molecule has 0 bridgehead atoms. The van der Waals surface area contributed by atoms with Crippen molar-refractivity contribution in [2.24, 2.45) is 5.92 Å². The second-order valence-corrected chi connectivity index (χ2v) is 11.2. The zero-order chi connectivity index (χ0) is 22.9. The summed E-state index contributed by atoms with van der Waals surface area (Å²) < 4.78 is 6.12. The molecule has 0 spiro atoms. The van der Waals surface area contributed by atoms with Crippen molar-refractivity contribution in [3.8, 4) is 22.1 Å². The summed E-state index contributed by atoms with van der Waals surface area (Å²) in [5.74, 6) is 1.67. The second kappa shape index (κ2) is 8.97. The molecule has 1 aliphatic rings. The van der Waals surface area contributed by atoms with Crippen LogP contribution in [-0.2, 0) is 0 Å². The molecule has 1 aliphatic heterocycles. The smallest absolute Gasteiger partial charge is 0.163 e. The Bertz CT molecular complexity index is 1090. The van der Waals surface area contributed by atoms with Crippen LogP contribution >= 0.6 is 22.9 Å². The molecule has 1 fully saturated rings. The number of nitrogens with zero attached hydrogens (tertiary/aromatic N) is 1. The average Bonchev–Trinajstić information content (AvgIpc) is 3.22. The summed E-state index contributed by atoms with van der Waals surface area (Å²) in [6.07, 6.45) is 4.25. The van der Waals surface area contributed by atoms with E-state index in [0.717, 1.165) is 23.4 Å². The van der Waals surface area contributed by atoms with E-state index in [4.69, 9.17) is 16.3 Å². The van der Waals surface area contributed by atoms with E-state index >= 15 is 0 Å². The molecular formula is C26H29ClN2O2S. The summed E-state index contributed by atoms with van der Waals surface area (Å²) in [4.78, 5) is 17.4. The van der Waals surface area contributed by atoms with Crippen molar-refractivity contribution in [3.05, 3.63) is 64.6 Å². The Morgan fingerprint density at radius 3 is 2.50 bits per heavy atom. The minimum Gasteiger partial charge on any atom is -0.455 e. The molecule has 4 rings (SSSR count). The molecule has 168 valence electrons. The second-order valence-electron chi connectivity index (χ2n) is 9.88. The number of ketones is 1. The van der Waals surface area contributed by atoms with E-state index < -0.39 is 0 Å². The predicted octanol–water partition coefficient (Wildman–Crippen LogP) is 7.39. The van der Waals surface area contributed by atoms with Crippen molar-refractivity contribution in [2.75, 3.05) is 0 Å². The summed E-state index contributed by atoms with van der Waals surface area (Å²) in [6, 6.07) is 13.1. The maximum Gasteiger partial charge on any atom is 0.163 e. The van der Waals surface area contributed by atoms with Gasteiger partial charge in [0.15, 0.2) is 5.78 Å². The van der Waals surface area contributed by atoms with E-state index in [2.05, 4.69) is 38.0 Å². The molecular weight excluding hydrogens is 440 g/mol. The van der Waals surface area contributed by atoms with Crippen LogP contribution in [0, 0.1) is 5.92 Å². The Balaban J connectivity index is 1.49. The van der Waals surface area contributed by atoms with Gasteiger partial charge in [-0.3, -0.25) is 4.79 Å². The van der Waals surface area contributed by atoms with E-state index in [9.17, 15) is 4.79 Å². The first-order chi connectivity index (χ1) is 15.1. The van der Waals surface area contributed by atoms with Crippen molar-refractivity contribution in [2.45, 2.75) is 58.0 Å². The quantitative estimate of drug-likeness (QED) is 0.383. The van der Waals surface area contributed by atoms with Gasteiger partial charge in [0.2, 0.25) is 0 Å². The third-order valence-electron chi connectivity index (χ3n) is 5.77. The van der Waals surface area contributed by atoms with Crippen LogP contribution in [0.2, 0.25) is 5.02 Å². The molecule has 1 aromatic heterocycles. The topological polar surface area (TPSA) is 51.2 Å². The zero-order valence-electron chi connectivity index (χ0n) is 18.9. The Labute approximate surface area is 199 Å². The lowest BCUT2D eigenvalue weighted by molar-refractivity contribution is 0.0864. The molecule has 3 aromatic rings. The third-order valence-corrected chi connectivity index (χ3v) is 6.87. The first-order valence-electron chi connectivity index (χ1n) is 10.9. The lowest BCUT2D eigenvalue weighted by Crippen LogP contribution is -2.57. The average molecular weight is 469 g/mol. The minimum absolute atomic E-state index is 0.0207. The molecule has 0 saturated carbocycles. The molecule has 1 saturated heterocycles. The highest BCUT2D eigenvalue weighted by Crippen LogP contribution is 2.38. The number of ether oxygens (including phenoxy) is 1. The van der Waals surface area contributed by atoms with E-state index in [1.165, 1.54) is 0 Å². The van der Waals surface area contributed by atoms with Crippen LogP contribution < -0.4 is 10.1 Å². The zero-order valence-corrected chi connectivity index (χ0v) is 20.5. The van der Waals surface area contributed by atoms with Gasteiger partial charge < -0.3 is 10.1 Å². The molecule has 4 nitrogen and oxygen atoms in total. The largest absolute Gasteiger partial charge is 0.455 e. The molecule has 1 N–H and O–H groups in total. The van der Waals surface area contributed by atoms with Gasteiger partial charge >= 0.3 is 0 Å². The highest BCUT2D eigenvalue weighted by Gasteiger charge is 2.38. The van der Waals surface area contributed by atoms with Gasteiger partial charge in [-0.2, -0.15) is 0 Å². The summed E-state index contributed by atoms with van der Waals surface area (Å²) in [6.45, 7) is 8.83. The molecule has 0 radical (unpaired) electrons. The Kier molecular flexibility index (Phi) is 6.44. The van der Waals surface area contributed by atoms with Crippen LogP contribution in [0.5, 0.6) is 11.5 Å². The summed E-state index contributed by atoms with van der Waals surface area (Å²) >= 11 is 8.09. The monoisotopic (exact) mass is 468 g/mol. The number of benzene rings is 2. The fourth-order valence-corrected chi connectivity index (χ4v) is 5.91.